The van der Waals surface area contributed by atoms with E-state index in [9.17, 15) is 13.5 Å². The standard InChI is InChI=1S/C14H22O4S/c1-4-5-10-14(3,15)11-18-19(16,17)13-8-6-12(2)7-9-13/h6-9,15H,4-5,10-11H2,1-3H3. The zero-order valence-corrected chi connectivity index (χ0v) is 12.5. The molecule has 0 aliphatic heterocycles. The molecule has 0 amide bonds. The summed E-state index contributed by atoms with van der Waals surface area (Å²) in [5.41, 5.74) is -0.137. The molecule has 0 radical (unpaired) electrons. The van der Waals surface area contributed by atoms with Crippen molar-refractivity contribution in [3.63, 3.8) is 0 Å². The number of aryl methyl sites for hydroxylation is 1. The molecular formula is C14H22O4S. The first-order chi connectivity index (χ1) is 8.77. The highest BCUT2D eigenvalue weighted by Crippen LogP contribution is 2.18. The van der Waals surface area contributed by atoms with E-state index in [4.69, 9.17) is 4.18 Å². The number of hydrogen-bond donors (Lipinski definition) is 1. The first-order valence-electron chi connectivity index (χ1n) is 6.45. The number of aliphatic hydroxyl groups is 1. The monoisotopic (exact) mass is 286 g/mol. The van der Waals surface area contributed by atoms with Crippen molar-refractivity contribution in [2.75, 3.05) is 6.61 Å². The van der Waals surface area contributed by atoms with E-state index in [-0.39, 0.29) is 11.5 Å². The van der Waals surface area contributed by atoms with Crippen LogP contribution in [-0.2, 0) is 14.3 Å². The average Bonchev–Trinajstić information content (AvgIpc) is 2.35. The first-order valence-corrected chi connectivity index (χ1v) is 7.86. The van der Waals surface area contributed by atoms with Crippen molar-refractivity contribution >= 4 is 10.1 Å². The SMILES string of the molecule is CCCCC(C)(O)COS(=O)(=O)c1ccc(C)cc1. The van der Waals surface area contributed by atoms with Crippen LogP contribution in [0.25, 0.3) is 0 Å². The fraction of sp³-hybridized carbons (Fsp3) is 0.571. The van der Waals surface area contributed by atoms with Gasteiger partial charge in [-0.3, -0.25) is 4.18 Å². The van der Waals surface area contributed by atoms with E-state index in [1.54, 1.807) is 19.1 Å². The molecule has 1 rings (SSSR count). The maximum atomic E-state index is 11.9. The molecule has 1 aromatic carbocycles. The predicted molar refractivity (Wildman–Crippen MR) is 74.5 cm³/mol. The van der Waals surface area contributed by atoms with E-state index in [2.05, 4.69) is 0 Å². The third-order valence-electron chi connectivity index (χ3n) is 2.90. The summed E-state index contributed by atoms with van der Waals surface area (Å²) in [6.45, 7) is 5.27. The van der Waals surface area contributed by atoms with Gasteiger partial charge in [-0.15, -0.1) is 0 Å². The highest BCUT2D eigenvalue weighted by Gasteiger charge is 2.24. The van der Waals surface area contributed by atoms with Gasteiger partial charge in [-0.1, -0.05) is 37.5 Å². The lowest BCUT2D eigenvalue weighted by Gasteiger charge is -2.22. The van der Waals surface area contributed by atoms with Crippen molar-refractivity contribution < 1.29 is 17.7 Å². The fourth-order valence-corrected chi connectivity index (χ4v) is 2.62. The van der Waals surface area contributed by atoms with Crippen molar-refractivity contribution in [3.05, 3.63) is 29.8 Å². The lowest BCUT2D eigenvalue weighted by atomic mass is 10.0. The zero-order chi connectivity index (χ0) is 14.5. The number of benzene rings is 1. The van der Waals surface area contributed by atoms with E-state index in [0.717, 1.165) is 18.4 Å². The Bertz CT molecular complexity index is 489. The maximum Gasteiger partial charge on any atom is 0.297 e. The summed E-state index contributed by atoms with van der Waals surface area (Å²) < 4.78 is 28.8. The molecule has 0 spiro atoms. The molecule has 1 aromatic rings. The van der Waals surface area contributed by atoms with E-state index < -0.39 is 15.7 Å². The van der Waals surface area contributed by atoms with Crippen LogP contribution in [0.15, 0.2) is 29.2 Å². The summed E-state index contributed by atoms with van der Waals surface area (Å²) in [5, 5.41) is 10.0. The highest BCUT2D eigenvalue weighted by molar-refractivity contribution is 7.86. The van der Waals surface area contributed by atoms with E-state index in [1.807, 2.05) is 13.8 Å². The average molecular weight is 286 g/mol. The van der Waals surface area contributed by atoms with Gasteiger partial charge in [0.05, 0.1) is 17.1 Å². The molecule has 4 nitrogen and oxygen atoms in total. The second-order valence-electron chi connectivity index (χ2n) is 5.13. The molecule has 108 valence electrons. The Kier molecular flexibility index (Phi) is 5.52. The Morgan fingerprint density at radius 2 is 1.84 bits per heavy atom. The van der Waals surface area contributed by atoms with Gasteiger partial charge in [0.25, 0.3) is 10.1 Å². The van der Waals surface area contributed by atoms with Crippen LogP contribution in [-0.4, -0.2) is 25.7 Å². The van der Waals surface area contributed by atoms with Crippen LogP contribution < -0.4 is 0 Å². The van der Waals surface area contributed by atoms with Crippen LogP contribution in [0.1, 0.15) is 38.7 Å². The molecule has 19 heavy (non-hydrogen) atoms. The van der Waals surface area contributed by atoms with Gasteiger partial charge in [-0.25, -0.2) is 0 Å². The molecule has 0 heterocycles. The summed E-state index contributed by atoms with van der Waals surface area (Å²) in [4.78, 5) is 0.115. The first kappa shape index (κ1) is 16.1. The molecule has 0 aliphatic carbocycles. The number of hydrogen-bond acceptors (Lipinski definition) is 4. The van der Waals surface area contributed by atoms with E-state index in [1.165, 1.54) is 12.1 Å². The van der Waals surface area contributed by atoms with Crippen molar-refractivity contribution in [1.29, 1.82) is 0 Å². The van der Waals surface area contributed by atoms with Gasteiger partial charge in [0, 0.05) is 0 Å². The molecule has 1 N–H and O–H groups in total. The fourth-order valence-electron chi connectivity index (χ4n) is 1.61. The normalized spacial score (nSPS) is 15.2. The van der Waals surface area contributed by atoms with Gasteiger partial charge in [-0.2, -0.15) is 8.42 Å². The largest absolute Gasteiger partial charge is 0.388 e. The molecule has 1 atom stereocenters. The summed E-state index contributed by atoms with van der Waals surface area (Å²) >= 11 is 0. The topological polar surface area (TPSA) is 63.6 Å². The quantitative estimate of drug-likeness (QED) is 0.783. The van der Waals surface area contributed by atoms with E-state index >= 15 is 0 Å². The highest BCUT2D eigenvalue weighted by atomic mass is 32.2. The van der Waals surface area contributed by atoms with Crippen LogP contribution in [0, 0.1) is 6.92 Å². The van der Waals surface area contributed by atoms with Gasteiger partial charge in [0.2, 0.25) is 0 Å². The summed E-state index contributed by atoms with van der Waals surface area (Å²) in [6.07, 6.45) is 2.30. The van der Waals surface area contributed by atoms with Crippen molar-refractivity contribution in [2.45, 2.75) is 50.5 Å². The van der Waals surface area contributed by atoms with Gasteiger partial charge in [0.15, 0.2) is 0 Å². The zero-order valence-electron chi connectivity index (χ0n) is 11.7. The molecule has 5 heteroatoms. The Balaban J connectivity index is 2.68. The molecular weight excluding hydrogens is 264 g/mol. The van der Waals surface area contributed by atoms with Crippen LogP contribution in [0.4, 0.5) is 0 Å². The lowest BCUT2D eigenvalue weighted by molar-refractivity contribution is 0.00467. The molecule has 0 fully saturated rings. The van der Waals surface area contributed by atoms with Crippen LogP contribution >= 0.6 is 0 Å². The van der Waals surface area contributed by atoms with Crippen LogP contribution in [0.5, 0.6) is 0 Å². The summed E-state index contributed by atoms with van der Waals surface area (Å²) in [5.74, 6) is 0. The van der Waals surface area contributed by atoms with Gasteiger partial charge < -0.3 is 5.11 Å². The van der Waals surface area contributed by atoms with Crippen molar-refractivity contribution in [2.24, 2.45) is 0 Å². The minimum Gasteiger partial charge on any atom is -0.388 e. The molecule has 0 saturated carbocycles. The minimum absolute atomic E-state index is 0.115. The third kappa shape index (κ3) is 5.30. The van der Waals surface area contributed by atoms with Gasteiger partial charge in [-0.05, 0) is 32.4 Å². The summed E-state index contributed by atoms with van der Waals surface area (Å²) in [7, 11) is -3.80. The number of rotatable bonds is 7. The molecule has 1 unspecified atom stereocenters. The Hall–Kier alpha value is -0.910. The van der Waals surface area contributed by atoms with Gasteiger partial charge in [0.1, 0.15) is 0 Å². The second kappa shape index (κ2) is 6.50. The smallest absolute Gasteiger partial charge is 0.297 e. The van der Waals surface area contributed by atoms with Crippen molar-refractivity contribution in [1.82, 2.24) is 0 Å². The molecule has 0 aliphatic rings. The molecule has 0 saturated heterocycles. The lowest BCUT2D eigenvalue weighted by Crippen LogP contribution is -2.31. The van der Waals surface area contributed by atoms with Crippen LogP contribution in [0.2, 0.25) is 0 Å². The second-order valence-corrected chi connectivity index (χ2v) is 6.75. The Morgan fingerprint density at radius 1 is 1.26 bits per heavy atom. The van der Waals surface area contributed by atoms with Crippen molar-refractivity contribution in [3.8, 4) is 0 Å². The van der Waals surface area contributed by atoms with Gasteiger partial charge >= 0.3 is 0 Å². The number of unbranched alkanes of at least 4 members (excludes halogenated alkanes) is 1. The Labute approximate surface area is 115 Å². The predicted octanol–water partition coefficient (Wildman–Crippen LogP) is 2.64. The third-order valence-corrected chi connectivity index (χ3v) is 4.18. The molecule has 0 bridgehead atoms. The van der Waals surface area contributed by atoms with Crippen LogP contribution in [0.3, 0.4) is 0 Å². The summed E-state index contributed by atoms with van der Waals surface area (Å²) in [6, 6.07) is 6.44. The minimum atomic E-state index is -3.80. The Morgan fingerprint density at radius 3 is 2.37 bits per heavy atom. The van der Waals surface area contributed by atoms with E-state index in [0.29, 0.717) is 6.42 Å². The maximum absolute atomic E-state index is 11.9. The molecule has 0 aromatic heterocycles.